The van der Waals surface area contributed by atoms with Crippen LogP contribution in [0.15, 0.2) is 24.6 Å². The molecule has 0 spiro atoms. The molecule has 0 aromatic rings. The van der Waals surface area contributed by atoms with Crippen molar-refractivity contribution < 1.29 is 78.9 Å². The van der Waals surface area contributed by atoms with Crippen molar-refractivity contribution >= 4 is 12.2 Å². The molecule has 4 aliphatic heterocycles. The Morgan fingerprint density at radius 3 is 1.41 bits per heavy atom. The number of rotatable bonds is 3. The minimum Gasteiger partial charge on any atom is -0.530 e. The van der Waals surface area contributed by atoms with E-state index in [1.54, 1.807) is 12.4 Å². The fraction of sp³-hybridized carbons (Fsp3) is 0.750. The summed E-state index contributed by atoms with van der Waals surface area (Å²) in [5, 5.41) is 23.3. The largest absolute Gasteiger partial charge is 1.00 e. The Hall–Kier alpha value is -0.0600. The molecule has 0 saturated carbocycles. The van der Waals surface area contributed by atoms with Gasteiger partial charge in [-0.3, -0.25) is 0 Å². The van der Waals surface area contributed by atoms with Crippen molar-refractivity contribution in [2.75, 3.05) is 40.3 Å². The van der Waals surface area contributed by atoms with Gasteiger partial charge in [0.1, 0.15) is 12.2 Å². The van der Waals surface area contributed by atoms with Crippen molar-refractivity contribution in [1.82, 2.24) is 19.6 Å². The quantitative estimate of drug-likeness (QED) is 0.367. The van der Waals surface area contributed by atoms with Crippen molar-refractivity contribution in [2.24, 2.45) is 23.7 Å². The van der Waals surface area contributed by atoms with E-state index in [2.05, 4.69) is 23.9 Å². The van der Waals surface area contributed by atoms with Gasteiger partial charge in [0.15, 0.2) is 0 Å². The van der Waals surface area contributed by atoms with Gasteiger partial charge in [0, 0.05) is 37.6 Å². The van der Waals surface area contributed by atoms with Crippen LogP contribution in [-0.2, 0) is 0 Å². The van der Waals surface area contributed by atoms with Crippen molar-refractivity contribution in [3.63, 3.8) is 0 Å². The molecule has 0 aromatic heterocycles. The van der Waals surface area contributed by atoms with Gasteiger partial charge in [-0.15, -0.1) is 0 Å². The van der Waals surface area contributed by atoms with E-state index >= 15 is 0 Å². The molecule has 178 valence electrons. The van der Waals surface area contributed by atoms with Crippen LogP contribution in [0.2, 0.25) is 0 Å². The topological polar surface area (TPSA) is 93.2 Å². The van der Waals surface area contributed by atoms with Crippen LogP contribution in [0.25, 0.3) is 0 Å². The van der Waals surface area contributed by atoms with Gasteiger partial charge in [0.05, 0.1) is 0 Å². The fourth-order valence-corrected chi connectivity index (χ4v) is 6.65. The predicted octanol–water partition coefficient (Wildman–Crippen LogP) is -5.23. The molecule has 6 unspecified atom stereocenters. The summed E-state index contributed by atoms with van der Waals surface area (Å²) in [6.07, 6.45) is 11.9. The second-order valence-corrected chi connectivity index (χ2v) is 10.1. The van der Waals surface area contributed by atoms with Gasteiger partial charge in [-0.05, 0) is 76.5 Å². The van der Waals surface area contributed by atoms with Crippen LogP contribution in [-0.4, -0.2) is 84.1 Å². The Bertz CT molecular complexity index is 705. The summed E-state index contributed by atoms with van der Waals surface area (Å²) in [5.41, 5.74) is 0. The molecule has 0 aromatic carbocycles. The van der Waals surface area contributed by atoms with E-state index in [4.69, 9.17) is 0 Å². The molecular formula is C24H36N4Na2O4. The Balaban J connectivity index is 0.00000204. The van der Waals surface area contributed by atoms with Gasteiger partial charge >= 0.3 is 59.1 Å². The first-order valence-electron chi connectivity index (χ1n) is 12.1. The number of allylic oxidation sites excluding steroid dienone is 2. The SMILES string of the molecule is CN1CCCCC1C1CN(C(=O)[O-])C=CC1C1C=CN(C(=O)[O-])CC1C1CCCCN1C.[Na+].[Na+]. The van der Waals surface area contributed by atoms with Crippen LogP contribution in [0.5, 0.6) is 0 Å². The predicted molar refractivity (Wildman–Crippen MR) is 117 cm³/mol. The van der Waals surface area contributed by atoms with E-state index < -0.39 is 12.2 Å². The Morgan fingerprint density at radius 1 is 0.706 bits per heavy atom. The monoisotopic (exact) mass is 490 g/mol. The smallest absolute Gasteiger partial charge is 0.530 e. The fourth-order valence-electron chi connectivity index (χ4n) is 6.65. The molecule has 10 heteroatoms. The van der Waals surface area contributed by atoms with Crippen LogP contribution in [0.3, 0.4) is 0 Å². The van der Waals surface area contributed by atoms with Gasteiger partial charge in [0.25, 0.3) is 0 Å². The molecule has 4 heterocycles. The molecular weight excluding hydrogens is 454 g/mol. The van der Waals surface area contributed by atoms with Gasteiger partial charge in [-0.25, -0.2) is 0 Å². The molecule has 34 heavy (non-hydrogen) atoms. The molecule has 8 nitrogen and oxygen atoms in total. The zero-order valence-electron chi connectivity index (χ0n) is 21.3. The van der Waals surface area contributed by atoms with Crippen LogP contribution in [0, 0.1) is 23.7 Å². The average Bonchev–Trinajstić information content (AvgIpc) is 2.79. The Kier molecular flexibility index (Phi) is 12.0. The number of hydrogen-bond acceptors (Lipinski definition) is 6. The van der Waals surface area contributed by atoms with Crippen LogP contribution in [0.4, 0.5) is 9.59 Å². The summed E-state index contributed by atoms with van der Waals surface area (Å²) in [6.45, 7) is 2.91. The van der Waals surface area contributed by atoms with Gasteiger partial charge < -0.3 is 39.4 Å². The van der Waals surface area contributed by atoms with Crippen molar-refractivity contribution in [1.29, 1.82) is 0 Å². The average molecular weight is 491 g/mol. The Morgan fingerprint density at radius 2 is 1.09 bits per heavy atom. The van der Waals surface area contributed by atoms with E-state index in [-0.39, 0.29) is 82.8 Å². The number of carboxylic acid groups (broad SMARTS) is 2. The number of piperidine rings is 2. The number of carbonyl (C=O) groups is 2. The summed E-state index contributed by atoms with van der Waals surface area (Å²) in [7, 11) is 4.28. The van der Waals surface area contributed by atoms with E-state index in [9.17, 15) is 19.8 Å². The molecule has 4 rings (SSSR count). The summed E-state index contributed by atoms with van der Waals surface area (Å²) >= 11 is 0. The summed E-state index contributed by atoms with van der Waals surface area (Å²) < 4.78 is 0. The minimum atomic E-state index is -1.16. The molecule has 2 fully saturated rings. The number of likely N-dealkylation sites (tertiary alicyclic amines) is 2. The summed E-state index contributed by atoms with van der Waals surface area (Å²) in [6, 6.07) is 0.607. The van der Waals surface area contributed by atoms with Gasteiger partial charge in [-0.2, -0.15) is 0 Å². The maximum absolute atomic E-state index is 11.7. The first-order valence-corrected chi connectivity index (χ1v) is 12.1. The number of nitrogens with zero attached hydrogens (tertiary/aromatic N) is 4. The first kappa shape index (κ1) is 30.2. The van der Waals surface area contributed by atoms with Crippen molar-refractivity contribution in [3.05, 3.63) is 24.6 Å². The third-order valence-electron chi connectivity index (χ3n) is 8.34. The molecule has 0 aliphatic carbocycles. The van der Waals surface area contributed by atoms with E-state index in [0.29, 0.717) is 25.2 Å². The first-order chi connectivity index (χ1) is 15.4. The third-order valence-corrected chi connectivity index (χ3v) is 8.34. The van der Waals surface area contributed by atoms with E-state index in [1.165, 1.54) is 22.6 Å². The molecule has 0 N–H and O–H groups in total. The molecule has 2 amide bonds. The van der Waals surface area contributed by atoms with Crippen LogP contribution < -0.4 is 69.3 Å². The van der Waals surface area contributed by atoms with Crippen LogP contribution in [0.1, 0.15) is 38.5 Å². The minimum absolute atomic E-state index is 0. The van der Waals surface area contributed by atoms with Gasteiger partial charge in [0.2, 0.25) is 0 Å². The maximum Gasteiger partial charge on any atom is 1.00 e. The van der Waals surface area contributed by atoms with Crippen LogP contribution >= 0.6 is 0 Å². The second kappa shape index (κ2) is 13.5. The zero-order chi connectivity index (χ0) is 22.8. The maximum atomic E-state index is 11.7. The molecule has 2 saturated heterocycles. The number of hydrogen-bond donors (Lipinski definition) is 0. The zero-order valence-corrected chi connectivity index (χ0v) is 25.3. The van der Waals surface area contributed by atoms with Crippen molar-refractivity contribution in [2.45, 2.75) is 50.6 Å². The Labute approximate surface area is 248 Å². The van der Waals surface area contributed by atoms with E-state index in [0.717, 1.165) is 38.8 Å². The molecule has 6 atom stereocenters. The molecule has 4 aliphatic rings. The second-order valence-electron chi connectivity index (χ2n) is 10.1. The summed E-state index contributed by atoms with van der Waals surface area (Å²) in [5.74, 6) is 0.584. The normalized spacial score (nSPS) is 34.8. The third kappa shape index (κ3) is 6.62. The number of amides is 2. The van der Waals surface area contributed by atoms with Gasteiger partial charge in [-0.1, -0.05) is 25.0 Å². The molecule has 0 radical (unpaired) electrons. The van der Waals surface area contributed by atoms with Crippen molar-refractivity contribution in [3.8, 4) is 0 Å². The summed E-state index contributed by atoms with van der Waals surface area (Å²) in [4.78, 5) is 30.7. The number of carbonyl (C=O) groups excluding carboxylic acids is 2. The van der Waals surface area contributed by atoms with E-state index in [1.807, 2.05) is 12.2 Å². The molecule has 0 bridgehead atoms. The standard InChI is InChI=1S/C24H38N4O4.2Na/c1-25-11-5-3-7-21(25)19-15-27(23(29)30)13-9-17(19)18-10-14-28(24(31)32)16-20(18)22-8-4-6-12-26(22)2;;/h9-10,13-14,17-22H,3-8,11-12,15-16H2,1-2H3,(H,29,30)(H,31,32);;/q;2*+1/p-2.